The van der Waals surface area contributed by atoms with Crippen LogP contribution in [0.5, 0.6) is 0 Å². The smallest absolute Gasteiger partial charge is 0.347 e. The number of carbonyl (C=O) groups is 2. The largest absolute Gasteiger partial charge is 0.477 e. The van der Waals surface area contributed by atoms with E-state index in [1.807, 2.05) is 4.90 Å². The summed E-state index contributed by atoms with van der Waals surface area (Å²) >= 11 is 1.16. The second kappa shape index (κ2) is 4.48. The van der Waals surface area contributed by atoms with E-state index in [-0.39, 0.29) is 4.88 Å². The lowest BCUT2D eigenvalue weighted by Crippen LogP contribution is -2.45. The first-order valence-electron chi connectivity index (χ1n) is 4.84. The highest BCUT2D eigenvalue weighted by molar-refractivity contribution is 7.17. The lowest BCUT2D eigenvalue weighted by atomic mass is 10.3. The van der Waals surface area contributed by atoms with Crippen molar-refractivity contribution in [3.8, 4) is 0 Å². The Morgan fingerprint density at radius 1 is 1.44 bits per heavy atom. The van der Waals surface area contributed by atoms with E-state index in [4.69, 9.17) is 5.11 Å². The topological polar surface area (TPSA) is 73.7 Å². The predicted molar refractivity (Wildman–Crippen MR) is 58.9 cm³/mol. The Morgan fingerprint density at radius 2 is 2.12 bits per heavy atom. The molecule has 0 unspecified atom stereocenters. The molecule has 0 aliphatic carbocycles. The van der Waals surface area contributed by atoms with Gasteiger partial charge in [0.15, 0.2) is 5.13 Å². The third kappa shape index (κ3) is 2.13. The summed E-state index contributed by atoms with van der Waals surface area (Å²) in [6.07, 6.45) is 2.20. The number of aromatic carboxylic acids is 1. The van der Waals surface area contributed by atoms with Crippen molar-refractivity contribution < 1.29 is 14.7 Å². The van der Waals surface area contributed by atoms with Crippen LogP contribution >= 0.6 is 11.3 Å². The van der Waals surface area contributed by atoms with Gasteiger partial charge in [-0.1, -0.05) is 11.3 Å². The standard InChI is InChI=1S/C9H11N3O3S/c13-6-11-1-3-12(4-2-11)9-10-5-7(16-9)8(14)15/h5-6H,1-4H2,(H,14,15). The van der Waals surface area contributed by atoms with Crippen molar-refractivity contribution in [2.24, 2.45) is 0 Å². The van der Waals surface area contributed by atoms with Crippen LogP contribution in [-0.4, -0.2) is 53.5 Å². The molecule has 7 heteroatoms. The van der Waals surface area contributed by atoms with Crippen molar-refractivity contribution in [3.05, 3.63) is 11.1 Å². The van der Waals surface area contributed by atoms with E-state index in [9.17, 15) is 9.59 Å². The molecule has 0 atom stereocenters. The first-order chi connectivity index (χ1) is 7.70. The van der Waals surface area contributed by atoms with Crippen molar-refractivity contribution in [1.29, 1.82) is 0 Å². The maximum atomic E-state index is 10.7. The van der Waals surface area contributed by atoms with Gasteiger partial charge in [0.25, 0.3) is 0 Å². The maximum Gasteiger partial charge on any atom is 0.347 e. The van der Waals surface area contributed by atoms with Crippen LogP contribution in [-0.2, 0) is 4.79 Å². The molecule has 86 valence electrons. The minimum Gasteiger partial charge on any atom is -0.477 e. The quantitative estimate of drug-likeness (QED) is 0.761. The fourth-order valence-electron chi connectivity index (χ4n) is 1.53. The number of hydrogen-bond acceptors (Lipinski definition) is 5. The van der Waals surface area contributed by atoms with Crippen LogP contribution in [0.1, 0.15) is 9.67 Å². The van der Waals surface area contributed by atoms with Crippen LogP contribution in [0.15, 0.2) is 6.20 Å². The summed E-state index contributed by atoms with van der Waals surface area (Å²) in [7, 11) is 0. The van der Waals surface area contributed by atoms with E-state index in [0.717, 1.165) is 17.7 Å². The molecule has 1 aliphatic rings. The van der Waals surface area contributed by atoms with Gasteiger partial charge in [-0.25, -0.2) is 9.78 Å². The Morgan fingerprint density at radius 3 is 2.62 bits per heavy atom. The van der Waals surface area contributed by atoms with Gasteiger partial charge in [0.2, 0.25) is 6.41 Å². The van der Waals surface area contributed by atoms with Crippen molar-refractivity contribution in [1.82, 2.24) is 9.88 Å². The van der Waals surface area contributed by atoms with Crippen LogP contribution in [0, 0.1) is 0 Å². The summed E-state index contributed by atoms with van der Waals surface area (Å²) in [4.78, 5) is 29.2. The van der Waals surface area contributed by atoms with Crippen LogP contribution in [0.4, 0.5) is 5.13 Å². The molecule has 1 saturated heterocycles. The molecule has 1 amide bonds. The second-order valence-electron chi connectivity index (χ2n) is 3.44. The summed E-state index contributed by atoms with van der Waals surface area (Å²) in [6, 6.07) is 0. The molecule has 1 N–H and O–H groups in total. The Balaban J connectivity index is 2.02. The zero-order valence-corrected chi connectivity index (χ0v) is 9.31. The van der Waals surface area contributed by atoms with Crippen LogP contribution in [0.25, 0.3) is 0 Å². The van der Waals surface area contributed by atoms with E-state index in [1.165, 1.54) is 6.20 Å². The number of nitrogens with zero attached hydrogens (tertiary/aromatic N) is 3. The summed E-state index contributed by atoms with van der Waals surface area (Å²) < 4.78 is 0. The molecule has 0 bridgehead atoms. The average molecular weight is 241 g/mol. The highest BCUT2D eigenvalue weighted by Gasteiger charge is 2.19. The number of thiazole rings is 1. The molecular weight excluding hydrogens is 230 g/mol. The molecule has 0 saturated carbocycles. The van der Waals surface area contributed by atoms with Gasteiger partial charge >= 0.3 is 5.97 Å². The highest BCUT2D eigenvalue weighted by Crippen LogP contribution is 2.23. The minimum absolute atomic E-state index is 0.243. The van der Waals surface area contributed by atoms with Gasteiger partial charge in [-0.2, -0.15) is 0 Å². The molecule has 2 rings (SSSR count). The van der Waals surface area contributed by atoms with Gasteiger partial charge in [0, 0.05) is 26.2 Å². The number of carboxylic acids is 1. The summed E-state index contributed by atoms with van der Waals surface area (Å²) in [5, 5.41) is 9.49. The number of piperazine rings is 1. The predicted octanol–water partition coefficient (Wildman–Crippen LogP) is 0.120. The van der Waals surface area contributed by atoms with Crippen LogP contribution in [0.2, 0.25) is 0 Å². The van der Waals surface area contributed by atoms with E-state index >= 15 is 0 Å². The zero-order valence-electron chi connectivity index (χ0n) is 8.50. The van der Waals surface area contributed by atoms with Gasteiger partial charge < -0.3 is 14.9 Å². The molecule has 2 heterocycles. The fourth-order valence-corrected chi connectivity index (χ4v) is 2.34. The molecule has 6 nitrogen and oxygen atoms in total. The lowest BCUT2D eigenvalue weighted by molar-refractivity contribution is -0.118. The number of aromatic nitrogens is 1. The first kappa shape index (κ1) is 10.9. The Bertz CT molecular complexity index is 398. The third-order valence-electron chi connectivity index (χ3n) is 2.44. The van der Waals surface area contributed by atoms with Crippen molar-refractivity contribution in [3.63, 3.8) is 0 Å². The number of carbonyl (C=O) groups excluding carboxylic acids is 1. The third-order valence-corrected chi connectivity index (χ3v) is 3.48. The van der Waals surface area contributed by atoms with Crippen molar-refractivity contribution in [2.75, 3.05) is 31.1 Å². The summed E-state index contributed by atoms with van der Waals surface area (Å²) in [5.74, 6) is -0.949. The fraction of sp³-hybridized carbons (Fsp3) is 0.444. The highest BCUT2D eigenvalue weighted by atomic mass is 32.1. The van der Waals surface area contributed by atoms with Gasteiger partial charge in [-0.15, -0.1) is 0 Å². The van der Waals surface area contributed by atoms with E-state index in [2.05, 4.69) is 4.98 Å². The maximum absolute atomic E-state index is 10.7. The number of rotatable bonds is 3. The van der Waals surface area contributed by atoms with Crippen LogP contribution in [0.3, 0.4) is 0 Å². The molecular formula is C9H11N3O3S. The van der Waals surface area contributed by atoms with E-state index in [0.29, 0.717) is 31.3 Å². The Hall–Kier alpha value is -1.63. The van der Waals surface area contributed by atoms with Gasteiger partial charge in [0.1, 0.15) is 4.88 Å². The second-order valence-corrected chi connectivity index (χ2v) is 4.45. The zero-order chi connectivity index (χ0) is 11.5. The monoisotopic (exact) mass is 241 g/mol. The Labute approximate surface area is 96.1 Å². The molecule has 1 aromatic rings. The molecule has 1 aliphatic heterocycles. The molecule has 1 fully saturated rings. The molecule has 0 radical (unpaired) electrons. The molecule has 16 heavy (non-hydrogen) atoms. The summed E-state index contributed by atoms with van der Waals surface area (Å²) in [6.45, 7) is 2.72. The van der Waals surface area contributed by atoms with Gasteiger partial charge in [-0.05, 0) is 0 Å². The van der Waals surface area contributed by atoms with E-state index in [1.54, 1.807) is 4.90 Å². The number of carboxylic acid groups (broad SMARTS) is 1. The normalized spacial score (nSPS) is 16.2. The number of amides is 1. The lowest BCUT2D eigenvalue weighted by Gasteiger charge is -2.32. The molecule has 1 aromatic heterocycles. The van der Waals surface area contributed by atoms with E-state index < -0.39 is 5.97 Å². The molecule has 0 spiro atoms. The van der Waals surface area contributed by atoms with Crippen molar-refractivity contribution >= 4 is 28.8 Å². The van der Waals surface area contributed by atoms with Crippen molar-refractivity contribution in [2.45, 2.75) is 0 Å². The first-order valence-corrected chi connectivity index (χ1v) is 5.66. The number of anilines is 1. The van der Waals surface area contributed by atoms with Gasteiger partial charge in [0.05, 0.1) is 6.20 Å². The summed E-state index contributed by atoms with van der Waals surface area (Å²) in [5.41, 5.74) is 0. The minimum atomic E-state index is -0.949. The van der Waals surface area contributed by atoms with Crippen LogP contribution < -0.4 is 4.90 Å². The van der Waals surface area contributed by atoms with Gasteiger partial charge in [-0.3, -0.25) is 4.79 Å². The Kier molecular flexibility index (Phi) is 3.04. The number of hydrogen-bond donors (Lipinski definition) is 1. The average Bonchev–Trinajstić information content (AvgIpc) is 2.78. The molecule has 0 aromatic carbocycles. The SMILES string of the molecule is O=CN1CCN(c2ncc(C(=O)O)s2)CC1.